The average molecular weight is 408 g/mol. The number of rotatable bonds is 6. The van der Waals surface area contributed by atoms with Gasteiger partial charge in [0.2, 0.25) is 11.7 Å². The van der Waals surface area contributed by atoms with Crippen molar-refractivity contribution in [2.75, 3.05) is 0 Å². The van der Waals surface area contributed by atoms with Gasteiger partial charge in [-0.1, -0.05) is 47.3 Å². The van der Waals surface area contributed by atoms with Crippen molar-refractivity contribution in [3.8, 4) is 11.4 Å². The van der Waals surface area contributed by atoms with Crippen LogP contribution in [0.2, 0.25) is 0 Å². The van der Waals surface area contributed by atoms with Crippen molar-refractivity contribution < 1.29 is 8.91 Å². The lowest BCUT2D eigenvalue weighted by Crippen LogP contribution is -2.22. The van der Waals surface area contributed by atoms with Gasteiger partial charge in [-0.3, -0.25) is 9.36 Å². The molecule has 0 saturated carbocycles. The molecule has 6 nitrogen and oxygen atoms in total. The van der Waals surface area contributed by atoms with E-state index >= 15 is 0 Å². The minimum absolute atomic E-state index is 0.126. The van der Waals surface area contributed by atoms with E-state index in [-0.39, 0.29) is 11.4 Å². The van der Waals surface area contributed by atoms with Gasteiger partial charge in [-0.25, -0.2) is 9.37 Å². The second-order valence-electron chi connectivity index (χ2n) is 6.38. The highest BCUT2D eigenvalue weighted by atomic mass is 32.2. The van der Waals surface area contributed by atoms with Crippen molar-refractivity contribution in [2.24, 2.45) is 0 Å². The Morgan fingerprint density at radius 2 is 2.07 bits per heavy atom. The Bertz CT molecular complexity index is 1270. The summed E-state index contributed by atoms with van der Waals surface area (Å²) in [5.74, 6) is 0.675. The van der Waals surface area contributed by atoms with Crippen LogP contribution in [0.15, 0.2) is 69.6 Å². The average Bonchev–Trinajstić information content (AvgIpc) is 3.20. The molecule has 2 aromatic heterocycles. The fourth-order valence-corrected chi connectivity index (χ4v) is 3.68. The molecular weight excluding hydrogens is 391 g/mol. The SMILES string of the molecule is C=CCn1c(SCc2nc(-c3ccc(C)c(F)c3)no2)nc2ccccc2c1=O. The third kappa shape index (κ3) is 3.84. The topological polar surface area (TPSA) is 73.8 Å². The van der Waals surface area contributed by atoms with Crippen LogP contribution in [0.25, 0.3) is 22.3 Å². The van der Waals surface area contributed by atoms with E-state index in [1.54, 1.807) is 41.8 Å². The van der Waals surface area contributed by atoms with Gasteiger partial charge in [0.15, 0.2) is 5.16 Å². The minimum Gasteiger partial charge on any atom is -0.338 e. The lowest BCUT2D eigenvalue weighted by Gasteiger charge is -2.10. The predicted molar refractivity (Wildman–Crippen MR) is 110 cm³/mol. The molecule has 0 amide bonds. The fraction of sp³-hybridized carbons (Fsp3) is 0.143. The quantitative estimate of drug-likeness (QED) is 0.268. The van der Waals surface area contributed by atoms with Crippen LogP contribution in [0.5, 0.6) is 0 Å². The molecule has 146 valence electrons. The van der Waals surface area contributed by atoms with Crippen molar-refractivity contribution in [3.63, 3.8) is 0 Å². The number of aromatic nitrogens is 4. The van der Waals surface area contributed by atoms with Gasteiger partial charge in [-0.15, -0.1) is 6.58 Å². The molecule has 0 aliphatic carbocycles. The number of aryl methyl sites for hydroxylation is 1. The number of fused-ring (bicyclic) bond motifs is 1. The first-order valence-corrected chi connectivity index (χ1v) is 9.88. The molecule has 0 radical (unpaired) electrons. The second-order valence-corrected chi connectivity index (χ2v) is 7.32. The van der Waals surface area contributed by atoms with Crippen molar-refractivity contribution in [1.29, 1.82) is 0 Å². The molecule has 0 fully saturated rings. The molecule has 0 saturated heterocycles. The zero-order valence-corrected chi connectivity index (χ0v) is 16.4. The number of nitrogens with zero attached hydrogens (tertiary/aromatic N) is 4. The Balaban J connectivity index is 1.61. The van der Waals surface area contributed by atoms with E-state index in [1.807, 2.05) is 12.1 Å². The van der Waals surface area contributed by atoms with Gasteiger partial charge >= 0.3 is 0 Å². The Hall–Kier alpha value is -3.26. The molecule has 0 unspecified atom stereocenters. The van der Waals surface area contributed by atoms with E-state index in [0.717, 1.165) is 0 Å². The first-order chi connectivity index (χ1) is 14.1. The highest BCUT2D eigenvalue weighted by Gasteiger charge is 2.14. The Kier molecular flexibility index (Phi) is 5.26. The standard InChI is InChI=1S/C21H17FN4O2S/c1-3-10-26-20(27)15-6-4-5-7-17(15)23-21(26)29-12-18-24-19(25-28-18)14-9-8-13(2)16(22)11-14/h3-9,11H,1,10,12H2,2H3. The molecule has 0 bridgehead atoms. The summed E-state index contributed by atoms with van der Waals surface area (Å²) >= 11 is 1.32. The molecule has 0 atom stereocenters. The van der Waals surface area contributed by atoms with Gasteiger partial charge in [0.1, 0.15) is 5.82 Å². The van der Waals surface area contributed by atoms with E-state index in [4.69, 9.17) is 4.52 Å². The summed E-state index contributed by atoms with van der Waals surface area (Å²) in [6.45, 7) is 5.75. The highest BCUT2D eigenvalue weighted by molar-refractivity contribution is 7.98. The molecule has 4 rings (SSSR count). The molecule has 29 heavy (non-hydrogen) atoms. The Labute approximate surface area is 170 Å². The van der Waals surface area contributed by atoms with Gasteiger partial charge in [0.05, 0.1) is 16.7 Å². The van der Waals surface area contributed by atoms with Crippen LogP contribution in [-0.4, -0.2) is 19.7 Å². The van der Waals surface area contributed by atoms with Crippen LogP contribution >= 0.6 is 11.8 Å². The van der Waals surface area contributed by atoms with Crippen LogP contribution in [-0.2, 0) is 12.3 Å². The maximum Gasteiger partial charge on any atom is 0.262 e. The number of para-hydroxylation sites is 1. The summed E-state index contributed by atoms with van der Waals surface area (Å²) in [5.41, 5.74) is 1.59. The molecule has 2 heterocycles. The van der Waals surface area contributed by atoms with Gasteiger partial charge in [-0.05, 0) is 30.7 Å². The third-order valence-electron chi connectivity index (χ3n) is 4.36. The maximum absolute atomic E-state index is 13.8. The minimum atomic E-state index is -0.322. The van der Waals surface area contributed by atoms with E-state index in [2.05, 4.69) is 21.7 Å². The van der Waals surface area contributed by atoms with Crippen molar-refractivity contribution in [2.45, 2.75) is 24.4 Å². The number of hydrogen-bond acceptors (Lipinski definition) is 6. The molecule has 0 N–H and O–H groups in total. The lowest BCUT2D eigenvalue weighted by atomic mass is 10.1. The van der Waals surface area contributed by atoms with Gasteiger partial charge in [-0.2, -0.15) is 4.98 Å². The van der Waals surface area contributed by atoms with Crippen LogP contribution in [0.3, 0.4) is 0 Å². The summed E-state index contributed by atoms with van der Waals surface area (Å²) in [6, 6.07) is 12.0. The zero-order chi connectivity index (χ0) is 20.4. The normalized spacial score (nSPS) is 11.1. The van der Waals surface area contributed by atoms with Crippen molar-refractivity contribution >= 4 is 22.7 Å². The predicted octanol–water partition coefficient (Wildman–Crippen LogP) is 4.37. The largest absolute Gasteiger partial charge is 0.338 e. The van der Waals surface area contributed by atoms with Crippen molar-refractivity contribution in [3.05, 3.63) is 82.7 Å². The van der Waals surface area contributed by atoms with Gasteiger partial charge in [0.25, 0.3) is 5.56 Å². The number of thioether (sulfide) groups is 1. The molecule has 4 aromatic rings. The summed E-state index contributed by atoms with van der Waals surface area (Å²) in [5, 5.41) is 5.02. The zero-order valence-electron chi connectivity index (χ0n) is 15.6. The lowest BCUT2D eigenvalue weighted by molar-refractivity contribution is 0.391. The van der Waals surface area contributed by atoms with Crippen LogP contribution in [0.4, 0.5) is 4.39 Å². The van der Waals surface area contributed by atoms with E-state index in [1.165, 1.54) is 17.8 Å². The third-order valence-corrected chi connectivity index (χ3v) is 5.32. The molecule has 2 aromatic carbocycles. The van der Waals surface area contributed by atoms with Crippen LogP contribution in [0.1, 0.15) is 11.5 Å². The van der Waals surface area contributed by atoms with Crippen molar-refractivity contribution in [1.82, 2.24) is 19.7 Å². The van der Waals surface area contributed by atoms with E-state index < -0.39 is 0 Å². The first kappa shape index (κ1) is 19.1. The first-order valence-electron chi connectivity index (χ1n) is 8.89. The number of hydrogen-bond donors (Lipinski definition) is 0. The van der Waals surface area contributed by atoms with Crippen LogP contribution < -0.4 is 5.56 Å². The molecule has 8 heteroatoms. The Morgan fingerprint density at radius 1 is 1.24 bits per heavy atom. The molecule has 0 aliphatic heterocycles. The number of benzene rings is 2. The smallest absolute Gasteiger partial charge is 0.262 e. The molecule has 0 spiro atoms. The maximum atomic E-state index is 13.8. The second kappa shape index (κ2) is 8.00. The summed E-state index contributed by atoms with van der Waals surface area (Å²) in [7, 11) is 0. The van der Waals surface area contributed by atoms with Crippen LogP contribution in [0, 0.1) is 12.7 Å². The van der Waals surface area contributed by atoms with Gasteiger partial charge < -0.3 is 4.52 Å². The summed E-state index contributed by atoms with van der Waals surface area (Å²) < 4.78 is 20.6. The fourth-order valence-electron chi connectivity index (χ4n) is 2.84. The molecule has 0 aliphatic rings. The molecular formula is C21H17FN4O2S. The summed E-state index contributed by atoms with van der Waals surface area (Å²) in [6.07, 6.45) is 1.65. The van der Waals surface area contributed by atoms with E-state index in [9.17, 15) is 9.18 Å². The highest BCUT2D eigenvalue weighted by Crippen LogP contribution is 2.24. The number of halogens is 1. The monoisotopic (exact) mass is 408 g/mol. The number of allylic oxidation sites excluding steroid dienone is 1. The van der Waals surface area contributed by atoms with Gasteiger partial charge in [0, 0.05) is 12.1 Å². The Morgan fingerprint density at radius 3 is 2.86 bits per heavy atom. The summed E-state index contributed by atoms with van der Waals surface area (Å²) in [4.78, 5) is 21.7. The van der Waals surface area contributed by atoms with E-state index in [0.29, 0.717) is 51.2 Å².